The second-order valence-corrected chi connectivity index (χ2v) is 5.80. The van der Waals surface area contributed by atoms with Crippen molar-refractivity contribution in [1.29, 1.82) is 0 Å². The highest BCUT2D eigenvalue weighted by molar-refractivity contribution is 14.1. The molecular weight excluding hydrogens is 363 g/mol. The smallest absolute Gasteiger partial charge is 0.237 e. The molecule has 0 spiro atoms. The number of anilines is 1. The molecule has 0 aromatic heterocycles. The van der Waals surface area contributed by atoms with Gasteiger partial charge in [0, 0.05) is 12.2 Å². The highest BCUT2D eigenvalue weighted by Gasteiger charge is 2.15. The molecule has 104 valence electrons. The molecule has 0 aliphatic rings. The number of alkyl halides is 1. The molecule has 2 aromatic rings. The van der Waals surface area contributed by atoms with Gasteiger partial charge in [-0.2, -0.15) is 0 Å². The Kier molecular flexibility index (Phi) is 5.40. The fourth-order valence-electron chi connectivity index (χ4n) is 1.88. The lowest BCUT2D eigenvalue weighted by molar-refractivity contribution is -0.120. The van der Waals surface area contributed by atoms with E-state index in [0.717, 1.165) is 17.7 Å². The standard InChI is InChI=1S/C16H17IN2O/c17-15(13-4-2-1-3-5-13)16(20)19-11-10-12-6-8-14(18)9-7-12/h1-9,15H,10-11,18H2,(H,19,20)/t15-/m1/s1. The maximum Gasteiger partial charge on any atom is 0.237 e. The molecule has 3 nitrogen and oxygen atoms in total. The fourth-order valence-corrected chi connectivity index (χ4v) is 2.51. The second kappa shape index (κ2) is 7.28. The van der Waals surface area contributed by atoms with Gasteiger partial charge < -0.3 is 11.1 Å². The van der Waals surface area contributed by atoms with Crippen LogP contribution in [0.15, 0.2) is 54.6 Å². The van der Waals surface area contributed by atoms with Gasteiger partial charge in [-0.15, -0.1) is 0 Å². The third-order valence-electron chi connectivity index (χ3n) is 3.02. The fraction of sp³-hybridized carbons (Fsp3) is 0.188. The molecular formula is C16H17IN2O. The van der Waals surface area contributed by atoms with E-state index in [4.69, 9.17) is 5.73 Å². The van der Waals surface area contributed by atoms with E-state index in [2.05, 4.69) is 27.9 Å². The third-order valence-corrected chi connectivity index (χ3v) is 4.30. The molecule has 2 aromatic carbocycles. The molecule has 3 N–H and O–H groups in total. The number of rotatable bonds is 5. The highest BCUT2D eigenvalue weighted by atomic mass is 127. The predicted molar refractivity (Wildman–Crippen MR) is 90.8 cm³/mol. The Labute approximate surface area is 132 Å². The van der Waals surface area contributed by atoms with Crippen molar-refractivity contribution in [2.75, 3.05) is 12.3 Å². The lowest BCUT2D eigenvalue weighted by Gasteiger charge is -2.11. The Hall–Kier alpha value is -1.56. The van der Waals surface area contributed by atoms with Crippen LogP contribution in [-0.2, 0) is 11.2 Å². The predicted octanol–water partition coefficient (Wildman–Crippen LogP) is 3.10. The quantitative estimate of drug-likeness (QED) is 0.476. The maximum atomic E-state index is 12.0. The van der Waals surface area contributed by atoms with Crippen molar-refractivity contribution in [3.8, 4) is 0 Å². The minimum absolute atomic E-state index is 0.0484. The van der Waals surface area contributed by atoms with Crippen LogP contribution in [0.5, 0.6) is 0 Å². The molecule has 0 bridgehead atoms. The number of carbonyl (C=O) groups excluding carboxylic acids is 1. The molecule has 2 rings (SSSR count). The van der Waals surface area contributed by atoms with Gasteiger partial charge in [0.15, 0.2) is 0 Å². The van der Waals surface area contributed by atoms with E-state index < -0.39 is 0 Å². The number of halogens is 1. The van der Waals surface area contributed by atoms with Crippen LogP contribution in [0.1, 0.15) is 15.1 Å². The first kappa shape index (κ1) is 14.8. The molecule has 0 radical (unpaired) electrons. The molecule has 0 aliphatic carbocycles. The van der Waals surface area contributed by atoms with E-state index in [1.165, 1.54) is 5.56 Å². The zero-order valence-corrected chi connectivity index (χ0v) is 13.2. The van der Waals surface area contributed by atoms with Crippen LogP contribution in [-0.4, -0.2) is 12.5 Å². The molecule has 0 unspecified atom stereocenters. The number of hydrogen-bond acceptors (Lipinski definition) is 2. The normalized spacial score (nSPS) is 11.8. The topological polar surface area (TPSA) is 55.1 Å². The number of hydrogen-bond donors (Lipinski definition) is 2. The molecule has 0 saturated heterocycles. The summed E-state index contributed by atoms with van der Waals surface area (Å²) in [5.41, 5.74) is 8.59. The van der Waals surface area contributed by atoms with E-state index in [1.807, 2.05) is 54.6 Å². The van der Waals surface area contributed by atoms with Crippen LogP contribution >= 0.6 is 22.6 Å². The molecule has 0 aliphatic heterocycles. The average Bonchev–Trinajstić information content (AvgIpc) is 2.49. The van der Waals surface area contributed by atoms with Crippen LogP contribution in [0.4, 0.5) is 5.69 Å². The number of nitrogen functional groups attached to an aromatic ring is 1. The van der Waals surface area contributed by atoms with Crippen molar-refractivity contribution in [2.45, 2.75) is 10.3 Å². The summed E-state index contributed by atoms with van der Waals surface area (Å²) in [7, 11) is 0. The molecule has 1 amide bonds. The molecule has 0 fully saturated rings. The van der Waals surface area contributed by atoms with E-state index in [-0.39, 0.29) is 9.83 Å². The van der Waals surface area contributed by atoms with Crippen molar-refractivity contribution in [3.05, 3.63) is 65.7 Å². The van der Waals surface area contributed by atoms with Crippen molar-refractivity contribution in [1.82, 2.24) is 5.32 Å². The third kappa shape index (κ3) is 4.23. The number of amides is 1. The maximum absolute atomic E-state index is 12.0. The number of nitrogens with one attached hydrogen (secondary N) is 1. The lowest BCUT2D eigenvalue weighted by atomic mass is 10.1. The van der Waals surface area contributed by atoms with Gasteiger partial charge in [-0.1, -0.05) is 65.1 Å². The molecule has 0 saturated carbocycles. The van der Waals surface area contributed by atoms with Gasteiger partial charge in [0.05, 0.1) is 0 Å². The first-order valence-electron chi connectivity index (χ1n) is 6.48. The SMILES string of the molecule is Nc1ccc(CCNC(=O)[C@H](I)c2ccccc2)cc1. The summed E-state index contributed by atoms with van der Waals surface area (Å²) in [6.07, 6.45) is 0.810. The highest BCUT2D eigenvalue weighted by Crippen LogP contribution is 2.22. The summed E-state index contributed by atoms with van der Waals surface area (Å²) in [6.45, 7) is 0.634. The Bertz CT molecular complexity index is 554. The van der Waals surface area contributed by atoms with Crippen molar-refractivity contribution in [3.63, 3.8) is 0 Å². The summed E-state index contributed by atoms with van der Waals surface area (Å²) in [4.78, 5) is 12.0. The van der Waals surface area contributed by atoms with Gasteiger partial charge in [-0.25, -0.2) is 0 Å². The number of benzene rings is 2. The van der Waals surface area contributed by atoms with Crippen LogP contribution in [0, 0.1) is 0 Å². The Morgan fingerprint density at radius 3 is 2.40 bits per heavy atom. The summed E-state index contributed by atoms with van der Waals surface area (Å²) in [6, 6.07) is 17.5. The van der Waals surface area contributed by atoms with Crippen LogP contribution in [0.2, 0.25) is 0 Å². The first-order chi connectivity index (χ1) is 9.66. The Morgan fingerprint density at radius 2 is 1.75 bits per heavy atom. The summed E-state index contributed by atoms with van der Waals surface area (Å²) in [5, 5.41) is 2.97. The van der Waals surface area contributed by atoms with E-state index in [0.29, 0.717) is 6.54 Å². The zero-order chi connectivity index (χ0) is 14.4. The Morgan fingerprint density at radius 1 is 1.10 bits per heavy atom. The summed E-state index contributed by atoms with van der Waals surface area (Å²) in [5.74, 6) is 0.0484. The van der Waals surface area contributed by atoms with Gasteiger partial charge in [0.25, 0.3) is 0 Å². The van der Waals surface area contributed by atoms with E-state index in [1.54, 1.807) is 0 Å². The van der Waals surface area contributed by atoms with Gasteiger partial charge in [0.2, 0.25) is 5.91 Å². The van der Waals surface area contributed by atoms with Gasteiger partial charge in [-0.3, -0.25) is 4.79 Å². The molecule has 1 atom stereocenters. The first-order valence-corrected chi connectivity index (χ1v) is 7.72. The zero-order valence-electron chi connectivity index (χ0n) is 11.1. The van der Waals surface area contributed by atoms with Crippen molar-refractivity contribution >= 4 is 34.2 Å². The summed E-state index contributed by atoms with van der Waals surface area (Å²) >= 11 is 2.16. The van der Waals surface area contributed by atoms with Gasteiger partial charge >= 0.3 is 0 Å². The second-order valence-electron chi connectivity index (χ2n) is 4.56. The van der Waals surface area contributed by atoms with Crippen molar-refractivity contribution < 1.29 is 4.79 Å². The number of carbonyl (C=O) groups is 1. The minimum Gasteiger partial charge on any atom is -0.399 e. The van der Waals surface area contributed by atoms with Crippen molar-refractivity contribution in [2.24, 2.45) is 0 Å². The van der Waals surface area contributed by atoms with E-state index in [9.17, 15) is 4.79 Å². The Balaban J connectivity index is 1.82. The molecule has 4 heteroatoms. The number of nitrogens with two attached hydrogens (primary N) is 1. The average molecular weight is 380 g/mol. The largest absolute Gasteiger partial charge is 0.399 e. The van der Waals surface area contributed by atoms with Crippen LogP contribution < -0.4 is 11.1 Å². The summed E-state index contributed by atoms with van der Waals surface area (Å²) < 4.78 is -0.153. The molecule has 20 heavy (non-hydrogen) atoms. The van der Waals surface area contributed by atoms with Crippen LogP contribution in [0.3, 0.4) is 0 Å². The van der Waals surface area contributed by atoms with Gasteiger partial charge in [0.1, 0.15) is 3.92 Å². The van der Waals surface area contributed by atoms with Gasteiger partial charge in [-0.05, 0) is 29.7 Å². The monoisotopic (exact) mass is 380 g/mol. The van der Waals surface area contributed by atoms with E-state index >= 15 is 0 Å². The molecule has 0 heterocycles. The van der Waals surface area contributed by atoms with Crippen LogP contribution in [0.25, 0.3) is 0 Å². The lowest BCUT2D eigenvalue weighted by Crippen LogP contribution is -2.28. The minimum atomic E-state index is -0.153.